The average molecular weight is 294 g/mol. The van der Waals surface area contributed by atoms with E-state index in [0.717, 1.165) is 18.6 Å². The van der Waals surface area contributed by atoms with Crippen molar-refractivity contribution in [1.29, 1.82) is 0 Å². The number of fused-ring (bicyclic) bond motifs is 1. The van der Waals surface area contributed by atoms with Crippen molar-refractivity contribution in [3.8, 4) is 0 Å². The molecule has 112 valence electrons. The molecule has 2 aromatic rings. The Morgan fingerprint density at radius 2 is 2.10 bits per heavy atom. The van der Waals surface area contributed by atoms with Crippen LogP contribution in [0.4, 0.5) is 14.5 Å². The van der Waals surface area contributed by atoms with E-state index in [1.54, 1.807) is 6.92 Å². The Bertz CT molecular complexity index is 674. The van der Waals surface area contributed by atoms with Crippen LogP contribution in [0.3, 0.4) is 0 Å². The largest absolute Gasteiger partial charge is 0.462 e. The van der Waals surface area contributed by atoms with Crippen LogP contribution in [0.25, 0.3) is 10.9 Å². The van der Waals surface area contributed by atoms with Crippen molar-refractivity contribution < 1.29 is 18.3 Å². The van der Waals surface area contributed by atoms with Crippen LogP contribution in [0.15, 0.2) is 18.3 Å². The normalized spacial score (nSPS) is 10.7. The number of pyridine rings is 1. The van der Waals surface area contributed by atoms with E-state index >= 15 is 0 Å². The monoisotopic (exact) mass is 294 g/mol. The average Bonchev–Trinajstić information content (AvgIpc) is 2.44. The number of hydrogen-bond donors (Lipinski definition) is 1. The van der Waals surface area contributed by atoms with Crippen LogP contribution in [0.1, 0.15) is 30.6 Å². The lowest BCUT2D eigenvalue weighted by atomic mass is 10.1. The van der Waals surface area contributed by atoms with Gasteiger partial charge in [0.2, 0.25) is 0 Å². The number of carbonyl (C=O) groups excluding carboxylic acids is 1. The molecule has 1 N–H and O–H groups in total. The van der Waals surface area contributed by atoms with Crippen molar-refractivity contribution in [1.82, 2.24) is 4.98 Å². The minimum atomic E-state index is -0.762. The molecule has 1 aromatic heterocycles. The third kappa shape index (κ3) is 3.09. The van der Waals surface area contributed by atoms with Gasteiger partial charge in [-0.1, -0.05) is 6.92 Å². The minimum absolute atomic E-state index is 0.0930. The van der Waals surface area contributed by atoms with Gasteiger partial charge in [-0.15, -0.1) is 0 Å². The predicted octanol–water partition coefficient (Wildman–Crippen LogP) is 3.51. The van der Waals surface area contributed by atoms with E-state index in [9.17, 15) is 13.6 Å². The smallest absolute Gasteiger partial charge is 0.341 e. The van der Waals surface area contributed by atoms with Crippen molar-refractivity contribution in [3.63, 3.8) is 0 Å². The number of nitrogens with zero attached hydrogens (tertiary/aromatic N) is 1. The second-order valence-corrected chi connectivity index (χ2v) is 4.48. The summed E-state index contributed by atoms with van der Waals surface area (Å²) >= 11 is 0. The van der Waals surface area contributed by atoms with Crippen molar-refractivity contribution in [2.24, 2.45) is 0 Å². The summed E-state index contributed by atoms with van der Waals surface area (Å²) in [4.78, 5) is 15.9. The fourth-order valence-corrected chi connectivity index (χ4v) is 2.04. The maximum atomic E-state index is 14.1. The molecule has 0 fully saturated rings. The molecule has 0 saturated carbocycles. The van der Waals surface area contributed by atoms with Crippen LogP contribution in [-0.2, 0) is 4.74 Å². The van der Waals surface area contributed by atoms with Crippen molar-refractivity contribution in [2.75, 3.05) is 18.5 Å². The third-order valence-corrected chi connectivity index (χ3v) is 2.93. The summed E-state index contributed by atoms with van der Waals surface area (Å²) in [5.74, 6) is -2.06. The standard InChI is InChI=1S/C15H16F2N2O2/c1-3-5-18-14-10(15(20)21-4-2)8-19-12-7-9(16)6-11(17)13(12)14/h6-8H,3-5H2,1-2H3,(H,18,19). The van der Waals surface area contributed by atoms with E-state index < -0.39 is 17.6 Å². The first-order chi connectivity index (χ1) is 10.1. The summed E-state index contributed by atoms with van der Waals surface area (Å²) in [7, 11) is 0. The van der Waals surface area contributed by atoms with Crippen LogP contribution in [0.2, 0.25) is 0 Å². The van der Waals surface area contributed by atoms with E-state index in [-0.39, 0.29) is 28.8 Å². The predicted molar refractivity (Wildman–Crippen MR) is 76.4 cm³/mol. The second-order valence-electron chi connectivity index (χ2n) is 4.48. The zero-order valence-electron chi connectivity index (χ0n) is 11.9. The van der Waals surface area contributed by atoms with Gasteiger partial charge in [-0.2, -0.15) is 0 Å². The molecule has 1 heterocycles. The Morgan fingerprint density at radius 1 is 1.33 bits per heavy atom. The highest BCUT2D eigenvalue weighted by molar-refractivity contribution is 6.05. The SMILES string of the molecule is CCCNc1c(C(=O)OCC)cnc2cc(F)cc(F)c12. The van der Waals surface area contributed by atoms with Gasteiger partial charge in [0, 0.05) is 24.9 Å². The Kier molecular flexibility index (Phi) is 4.67. The maximum absolute atomic E-state index is 14.1. The second kappa shape index (κ2) is 6.47. The number of ether oxygens (including phenoxy) is 1. The summed E-state index contributed by atoms with van der Waals surface area (Å²) in [6, 6.07) is 1.90. The molecule has 0 aliphatic heterocycles. The highest BCUT2D eigenvalue weighted by Crippen LogP contribution is 2.29. The number of carbonyl (C=O) groups is 1. The van der Waals surface area contributed by atoms with Gasteiger partial charge in [0.15, 0.2) is 0 Å². The van der Waals surface area contributed by atoms with Crippen LogP contribution in [0, 0.1) is 11.6 Å². The zero-order valence-corrected chi connectivity index (χ0v) is 11.9. The van der Waals surface area contributed by atoms with Gasteiger partial charge in [0.25, 0.3) is 0 Å². The first-order valence-corrected chi connectivity index (χ1v) is 6.77. The van der Waals surface area contributed by atoms with Crippen molar-refractivity contribution in [2.45, 2.75) is 20.3 Å². The number of nitrogens with one attached hydrogen (secondary N) is 1. The highest BCUT2D eigenvalue weighted by atomic mass is 19.1. The van der Waals surface area contributed by atoms with E-state index in [1.165, 1.54) is 6.20 Å². The summed E-state index contributed by atoms with van der Waals surface area (Å²) in [5, 5.41) is 3.10. The molecule has 0 aliphatic carbocycles. The Balaban J connectivity index is 2.66. The number of rotatable bonds is 5. The lowest BCUT2D eigenvalue weighted by Crippen LogP contribution is -2.12. The molecule has 21 heavy (non-hydrogen) atoms. The summed E-state index contributed by atoms with van der Waals surface area (Å²) in [6.07, 6.45) is 2.06. The maximum Gasteiger partial charge on any atom is 0.341 e. The van der Waals surface area contributed by atoms with Crippen LogP contribution < -0.4 is 5.32 Å². The lowest BCUT2D eigenvalue weighted by molar-refractivity contribution is 0.0527. The van der Waals surface area contributed by atoms with Gasteiger partial charge < -0.3 is 10.1 Å². The third-order valence-electron chi connectivity index (χ3n) is 2.93. The molecule has 0 aliphatic rings. The molecule has 0 bridgehead atoms. The molecule has 2 rings (SSSR count). The molecule has 0 saturated heterocycles. The minimum Gasteiger partial charge on any atom is -0.462 e. The van der Waals surface area contributed by atoms with Gasteiger partial charge in [-0.3, -0.25) is 4.98 Å². The first kappa shape index (κ1) is 15.2. The molecule has 6 heteroatoms. The van der Waals surface area contributed by atoms with Gasteiger partial charge in [-0.25, -0.2) is 13.6 Å². The Morgan fingerprint density at radius 3 is 2.76 bits per heavy atom. The molecular weight excluding hydrogens is 278 g/mol. The number of halogens is 2. The summed E-state index contributed by atoms with van der Waals surface area (Å²) in [5.41, 5.74) is 0.584. The lowest BCUT2D eigenvalue weighted by Gasteiger charge is -2.14. The zero-order chi connectivity index (χ0) is 15.4. The van der Waals surface area contributed by atoms with Crippen LogP contribution >= 0.6 is 0 Å². The summed E-state index contributed by atoms with van der Waals surface area (Å²) < 4.78 is 32.3. The topological polar surface area (TPSA) is 51.2 Å². The number of aromatic nitrogens is 1. The van der Waals surface area contributed by atoms with Crippen LogP contribution in [-0.4, -0.2) is 24.1 Å². The number of hydrogen-bond acceptors (Lipinski definition) is 4. The van der Waals surface area contributed by atoms with Crippen LogP contribution in [0.5, 0.6) is 0 Å². The van der Waals surface area contributed by atoms with Gasteiger partial charge in [0.1, 0.15) is 17.2 Å². The van der Waals surface area contributed by atoms with Crippen molar-refractivity contribution in [3.05, 3.63) is 35.5 Å². The molecule has 4 nitrogen and oxygen atoms in total. The van der Waals surface area contributed by atoms with E-state index in [4.69, 9.17) is 4.74 Å². The number of esters is 1. The quantitative estimate of drug-likeness (QED) is 0.857. The van der Waals surface area contributed by atoms with Crippen molar-refractivity contribution >= 4 is 22.6 Å². The highest BCUT2D eigenvalue weighted by Gasteiger charge is 2.19. The fraction of sp³-hybridized carbons (Fsp3) is 0.333. The molecule has 0 unspecified atom stereocenters. The first-order valence-electron chi connectivity index (χ1n) is 6.77. The number of anilines is 1. The van der Waals surface area contributed by atoms with Gasteiger partial charge >= 0.3 is 5.97 Å². The molecule has 0 atom stereocenters. The summed E-state index contributed by atoms with van der Waals surface area (Å²) in [6.45, 7) is 4.37. The molecule has 1 aromatic carbocycles. The molecule has 0 amide bonds. The fourth-order valence-electron chi connectivity index (χ4n) is 2.04. The van der Waals surface area contributed by atoms with E-state index in [0.29, 0.717) is 6.54 Å². The van der Waals surface area contributed by atoms with Gasteiger partial charge in [-0.05, 0) is 13.3 Å². The molecular formula is C15H16F2N2O2. The van der Waals surface area contributed by atoms with E-state index in [2.05, 4.69) is 10.3 Å². The van der Waals surface area contributed by atoms with E-state index in [1.807, 2.05) is 6.92 Å². The molecule has 0 spiro atoms. The molecule has 0 radical (unpaired) electrons. The number of benzene rings is 1. The van der Waals surface area contributed by atoms with Gasteiger partial charge in [0.05, 0.1) is 23.2 Å². The Labute approximate surface area is 121 Å². The Hall–Kier alpha value is -2.24.